The van der Waals surface area contributed by atoms with Gasteiger partial charge in [0.1, 0.15) is 6.04 Å². The van der Waals surface area contributed by atoms with Gasteiger partial charge in [-0.2, -0.15) is 0 Å². The van der Waals surface area contributed by atoms with E-state index >= 15 is 0 Å². The fourth-order valence-corrected chi connectivity index (χ4v) is 1.38. The van der Waals surface area contributed by atoms with Gasteiger partial charge in [0.15, 0.2) is 0 Å². The van der Waals surface area contributed by atoms with Crippen LogP contribution < -0.4 is 5.73 Å². The van der Waals surface area contributed by atoms with Gasteiger partial charge in [0, 0.05) is 0 Å². The van der Waals surface area contributed by atoms with E-state index in [2.05, 4.69) is 0 Å². The Balaban J connectivity index is 2.20. The smallest absolute Gasteiger partial charge is 0.320 e. The SMILES string of the molecule is N[C@H](CCC1(O)CCC1)C(=O)O. The number of nitrogens with two attached hydrogens (primary N) is 1. The maximum absolute atomic E-state index is 10.3. The monoisotopic (exact) mass is 173 g/mol. The molecule has 1 atom stereocenters. The van der Waals surface area contributed by atoms with Crippen molar-refractivity contribution in [2.24, 2.45) is 5.73 Å². The molecule has 1 fully saturated rings. The van der Waals surface area contributed by atoms with Gasteiger partial charge in [0.05, 0.1) is 5.60 Å². The third kappa shape index (κ3) is 2.19. The van der Waals surface area contributed by atoms with Gasteiger partial charge in [-0.05, 0) is 32.1 Å². The van der Waals surface area contributed by atoms with Gasteiger partial charge in [-0.3, -0.25) is 4.79 Å². The second kappa shape index (κ2) is 3.41. The molecule has 0 unspecified atom stereocenters. The summed E-state index contributed by atoms with van der Waals surface area (Å²) in [7, 11) is 0. The molecule has 0 spiro atoms. The molecule has 0 bridgehead atoms. The lowest BCUT2D eigenvalue weighted by Crippen LogP contribution is -2.40. The number of hydrogen-bond acceptors (Lipinski definition) is 3. The highest BCUT2D eigenvalue weighted by Gasteiger charge is 2.34. The number of carboxylic acids is 1. The molecule has 1 saturated carbocycles. The van der Waals surface area contributed by atoms with E-state index in [4.69, 9.17) is 10.8 Å². The first-order chi connectivity index (χ1) is 5.53. The molecule has 1 rings (SSSR count). The van der Waals surface area contributed by atoms with Crippen LogP contribution in [0.4, 0.5) is 0 Å². The van der Waals surface area contributed by atoms with Crippen molar-refractivity contribution < 1.29 is 15.0 Å². The van der Waals surface area contributed by atoms with Crippen LogP contribution in [-0.2, 0) is 4.79 Å². The normalized spacial score (nSPS) is 22.8. The average molecular weight is 173 g/mol. The predicted octanol–water partition coefficient (Wildman–Crippen LogP) is 0.0935. The molecule has 0 aliphatic heterocycles. The maximum Gasteiger partial charge on any atom is 0.320 e. The van der Waals surface area contributed by atoms with Crippen molar-refractivity contribution in [3.8, 4) is 0 Å². The fourth-order valence-electron chi connectivity index (χ4n) is 1.38. The standard InChI is InChI=1S/C8H15NO3/c9-6(7(10)11)2-5-8(12)3-1-4-8/h6,12H,1-5,9H2,(H,10,11)/t6-/m1/s1. The first-order valence-corrected chi connectivity index (χ1v) is 4.24. The summed E-state index contributed by atoms with van der Waals surface area (Å²) in [5, 5.41) is 18.1. The third-order valence-electron chi connectivity index (χ3n) is 2.52. The molecule has 4 heteroatoms. The Labute approximate surface area is 71.4 Å². The van der Waals surface area contributed by atoms with Gasteiger partial charge >= 0.3 is 5.97 Å². The molecular weight excluding hydrogens is 158 g/mol. The summed E-state index contributed by atoms with van der Waals surface area (Å²) in [6, 6.07) is -0.824. The second-order valence-corrected chi connectivity index (χ2v) is 3.56. The summed E-state index contributed by atoms with van der Waals surface area (Å²) < 4.78 is 0. The zero-order valence-electron chi connectivity index (χ0n) is 6.99. The van der Waals surface area contributed by atoms with E-state index in [0.29, 0.717) is 12.8 Å². The van der Waals surface area contributed by atoms with Gasteiger partial charge in [0.2, 0.25) is 0 Å². The quantitative estimate of drug-likeness (QED) is 0.562. The molecule has 0 amide bonds. The number of aliphatic hydroxyl groups is 1. The number of rotatable bonds is 4. The molecule has 0 radical (unpaired) electrons. The highest BCUT2D eigenvalue weighted by molar-refractivity contribution is 5.72. The minimum Gasteiger partial charge on any atom is -0.480 e. The molecule has 0 heterocycles. The van der Waals surface area contributed by atoms with Crippen molar-refractivity contribution >= 4 is 5.97 Å². The third-order valence-corrected chi connectivity index (χ3v) is 2.52. The second-order valence-electron chi connectivity index (χ2n) is 3.56. The van der Waals surface area contributed by atoms with Crippen LogP contribution in [-0.4, -0.2) is 27.8 Å². The van der Waals surface area contributed by atoms with Crippen LogP contribution in [0.5, 0.6) is 0 Å². The molecule has 0 aromatic rings. The summed E-state index contributed by atoms with van der Waals surface area (Å²) in [6.45, 7) is 0. The number of aliphatic carboxylic acids is 1. The lowest BCUT2D eigenvalue weighted by atomic mass is 9.76. The topological polar surface area (TPSA) is 83.5 Å². The molecule has 1 aliphatic carbocycles. The molecule has 4 N–H and O–H groups in total. The zero-order chi connectivity index (χ0) is 9.19. The maximum atomic E-state index is 10.3. The molecule has 0 aromatic carbocycles. The van der Waals surface area contributed by atoms with E-state index < -0.39 is 17.6 Å². The molecule has 0 saturated heterocycles. The van der Waals surface area contributed by atoms with Gasteiger partial charge in [0.25, 0.3) is 0 Å². The molecule has 0 aromatic heterocycles. The van der Waals surface area contributed by atoms with Crippen LogP contribution in [0.25, 0.3) is 0 Å². The molecule has 1 aliphatic rings. The van der Waals surface area contributed by atoms with Gasteiger partial charge in [-0.15, -0.1) is 0 Å². The van der Waals surface area contributed by atoms with Crippen LogP contribution in [0.3, 0.4) is 0 Å². The van der Waals surface area contributed by atoms with Crippen molar-refractivity contribution in [3.05, 3.63) is 0 Å². The molecule has 12 heavy (non-hydrogen) atoms. The fraction of sp³-hybridized carbons (Fsp3) is 0.875. The van der Waals surface area contributed by atoms with Crippen LogP contribution in [0, 0.1) is 0 Å². The Kier molecular flexibility index (Phi) is 2.69. The van der Waals surface area contributed by atoms with Crippen LogP contribution in [0.1, 0.15) is 32.1 Å². The summed E-state index contributed by atoms with van der Waals surface area (Å²) >= 11 is 0. The van der Waals surface area contributed by atoms with E-state index in [9.17, 15) is 9.90 Å². The highest BCUT2D eigenvalue weighted by atomic mass is 16.4. The molecule has 4 nitrogen and oxygen atoms in total. The summed E-state index contributed by atoms with van der Waals surface area (Å²) in [5.41, 5.74) is 4.69. The summed E-state index contributed by atoms with van der Waals surface area (Å²) in [5.74, 6) is -0.988. The largest absolute Gasteiger partial charge is 0.480 e. The van der Waals surface area contributed by atoms with Crippen molar-refractivity contribution in [1.82, 2.24) is 0 Å². The first-order valence-electron chi connectivity index (χ1n) is 4.24. The summed E-state index contributed by atoms with van der Waals surface area (Å²) in [4.78, 5) is 10.3. The minimum absolute atomic E-state index is 0.367. The molecular formula is C8H15NO3. The van der Waals surface area contributed by atoms with E-state index in [1.165, 1.54) is 0 Å². The van der Waals surface area contributed by atoms with Crippen molar-refractivity contribution in [2.45, 2.75) is 43.7 Å². The van der Waals surface area contributed by atoms with Gasteiger partial charge in [-0.25, -0.2) is 0 Å². The van der Waals surface area contributed by atoms with Crippen molar-refractivity contribution in [3.63, 3.8) is 0 Å². The van der Waals surface area contributed by atoms with Crippen LogP contribution in [0.15, 0.2) is 0 Å². The van der Waals surface area contributed by atoms with Gasteiger partial charge in [-0.1, -0.05) is 0 Å². The number of carbonyl (C=O) groups is 1. The Morgan fingerprint density at radius 1 is 1.58 bits per heavy atom. The molecule has 70 valence electrons. The lowest BCUT2D eigenvalue weighted by molar-refractivity contribution is -0.139. The van der Waals surface area contributed by atoms with Crippen molar-refractivity contribution in [2.75, 3.05) is 0 Å². The Hall–Kier alpha value is -0.610. The Morgan fingerprint density at radius 2 is 2.17 bits per heavy atom. The van der Waals surface area contributed by atoms with Crippen LogP contribution >= 0.6 is 0 Å². The first kappa shape index (κ1) is 9.48. The lowest BCUT2D eigenvalue weighted by Gasteiger charge is -2.37. The van der Waals surface area contributed by atoms with Crippen molar-refractivity contribution in [1.29, 1.82) is 0 Å². The minimum atomic E-state index is -0.988. The predicted molar refractivity (Wildman–Crippen MR) is 43.6 cm³/mol. The number of carboxylic acid groups (broad SMARTS) is 1. The average Bonchev–Trinajstić information content (AvgIpc) is 1.96. The summed E-state index contributed by atoms with van der Waals surface area (Å²) in [6.07, 6.45) is 3.50. The zero-order valence-corrected chi connectivity index (χ0v) is 6.99. The Morgan fingerprint density at radius 3 is 2.50 bits per heavy atom. The van der Waals surface area contributed by atoms with E-state index in [1.807, 2.05) is 0 Å². The Bertz CT molecular complexity index is 177. The highest BCUT2D eigenvalue weighted by Crippen LogP contribution is 2.35. The van der Waals surface area contributed by atoms with Crippen LogP contribution in [0.2, 0.25) is 0 Å². The van der Waals surface area contributed by atoms with E-state index in [1.54, 1.807) is 0 Å². The number of hydrogen-bond donors (Lipinski definition) is 3. The van der Waals surface area contributed by atoms with Gasteiger partial charge < -0.3 is 15.9 Å². The van der Waals surface area contributed by atoms with E-state index in [0.717, 1.165) is 19.3 Å². The van der Waals surface area contributed by atoms with E-state index in [-0.39, 0.29) is 0 Å².